The molecule has 1 nitrogen and oxygen atoms in total. The van der Waals surface area contributed by atoms with E-state index in [1.165, 1.54) is 0 Å². The van der Waals surface area contributed by atoms with Crippen molar-refractivity contribution in [3.05, 3.63) is 0 Å². The normalized spacial score (nSPS) is 17.5. The lowest BCUT2D eigenvalue weighted by molar-refractivity contribution is -0.440. The molecule has 0 aliphatic carbocycles. The molecule has 1 atom stereocenters. The van der Waals surface area contributed by atoms with Crippen molar-refractivity contribution < 1.29 is 53.4 Å². The van der Waals surface area contributed by atoms with Crippen molar-refractivity contribution in [3.8, 4) is 0 Å². The lowest BCUT2D eigenvalue weighted by atomic mass is 9.84. The molecule has 0 heterocycles. The molecule has 0 bridgehead atoms. The molecule has 0 radical (unpaired) electrons. The predicted molar refractivity (Wildman–Crippen MR) is 37.2 cm³/mol. The van der Waals surface area contributed by atoms with Crippen LogP contribution in [0.1, 0.15) is 6.92 Å². The fourth-order valence-electron chi connectivity index (χ4n) is 1.06. The molecule has 0 rings (SSSR count). The Bertz CT molecular complexity index is 307. The molecule has 116 valence electrons. The number of alkyl halides is 11. The second-order valence-electron chi connectivity index (χ2n) is 3.59. The van der Waals surface area contributed by atoms with Crippen molar-refractivity contribution >= 4 is 0 Å². The van der Waals surface area contributed by atoms with Crippen LogP contribution in [0.15, 0.2) is 0 Å². The topological polar surface area (TPSA) is 20.2 Å². The van der Waals surface area contributed by atoms with Gasteiger partial charge in [-0.15, -0.1) is 0 Å². The van der Waals surface area contributed by atoms with E-state index in [-0.39, 0.29) is 0 Å². The van der Waals surface area contributed by atoms with Gasteiger partial charge in [0.15, 0.2) is 0 Å². The summed E-state index contributed by atoms with van der Waals surface area (Å²) in [6, 6.07) is 0. The summed E-state index contributed by atoms with van der Waals surface area (Å²) in [4.78, 5) is 0. The second kappa shape index (κ2) is 4.35. The molecular formula is C7H5F11O. The van der Waals surface area contributed by atoms with Gasteiger partial charge in [-0.3, -0.25) is 0 Å². The van der Waals surface area contributed by atoms with Gasteiger partial charge in [0.1, 0.15) is 5.92 Å². The van der Waals surface area contributed by atoms with Crippen LogP contribution < -0.4 is 0 Å². The molecule has 0 saturated heterocycles. The van der Waals surface area contributed by atoms with Crippen molar-refractivity contribution in [2.24, 2.45) is 5.92 Å². The number of aliphatic hydroxyl groups is 1. The average Bonchev–Trinajstić information content (AvgIpc) is 2.09. The first kappa shape index (κ1) is 18.2. The number of hydrogen-bond donors (Lipinski definition) is 1. The quantitative estimate of drug-likeness (QED) is 0.771. The summed E-state index contributed by atoms with van der Waals surface area (Å²) in [5, 5.41) is 8.25. The van der Waals surface area contributed by atoms with Crippen LogP contribution in [-0.4, -0.2) is 35.2 Å². The average molecular weight is 314 g/mol. The number of hydrogen-bond acceptors (Lipinski definition) is 1. The zero-order valence-corrected chi connectivity index (χ0v) is 8.68. The van der Waals surface area contributed by atoms with Crippen molar-refractivity contribution in [3.63, 3.8) is 0 Å². The summed E-state index contributed by atoms with van der Waals surface area (Å²) >= 11 is 0. The monoisotopic (exact) mass is 314 g/mol. The predicted octanol–water partition coefficient (Wildman–Crippen LogP) is 3.68. The van der Waals surface area contributed by atoms with Crippen LogP contribution in [0.2, 0.25) is 0 Å². The molecule has 0 aromatic carbocycles. The van der Waals surface area contributed by atoms with E-state index in [1.807, 2.05) is 0 Å². The molecule has 1 unspecified atom stereocenters. The second-order valence-corrected chi connectivity index (χ2v) is 3.59. The molecule has 0 aliphatic heterocycles. The highest BCUT2D eigenvalue weighted by Crippen LogP contribution is 2.56. The third-order valence-electron chi connectivity index (χ3n) is 2.34. The molecule has 0 saturated carbocycles. The van der Waals surface area contributed by atoms with Gasteiger partial charge in [0.05, 0.1) is 0 Å². The van der Waals surface area contributed by atoms with Crippen LogP contribution in [0.5, 0.6) is 0 Å². The van der Waals surface area contributed by atoms with E-state index in [9.17, 15) is 48.3 Å². The minimum atomic E-state index is -7.05. The first-order chi connectivity index (χ1) is 7.90. The Labute approximate surface area is 97.5 Å². The first-order valence-electron chi connectivity index (χ1n) is 4.21. The zero-order chi connectivity index (χ0) is 16.1. The molecule has 0 aromatic heterocycles. The zero-order valence-electron chi connectivity index (χ0n) is 8.68. The van der Waals surface area contributed by atoms with Gasteiger partial charge in [-0.05, 0) is 6.92 Å². The fraction of sp³-hybridized carbons (Fsp3) is 1.00. The largest absolute Gasteiger partial charge is 0.432 e. The van der Waals surface area contributed by atoms with E-state index in [0.29, 0.717) is 0 Å². The van der Waals surface area contributed by atoms with E-state index < -0.39 is 42.9 Å². The van der Waals surface area contributed by atoms with Crippen LogP contribution >= 0.6 is 0 Å². The third kappa shape index (κ3) is 2.72. The molecule has 0 amide bonds. The molecule has 1 N–H and O–H groups in total. The third-order valence-corrected chi connectivity index (χ3v) is 2.34. The smallest absolute Gasteiger partial charge is 0.369 e. The van der Waals surface area contributed by atoms with E-state index in [4.69, 9.17) is 5.11 Å². The first-order valence-corrected chi connectivity index (χ1v) is 4.21. The molecule has 0 aromatic rings. The minimum absolute atomic E-state index is 0.595. The van der Waals surface area contributed by atoms with Crippen LogP contribution in [0, 0.1) is 5.92 Å². The SMILES string of the molecule is CC(C(F)(F)F)C(F)(F)C(O)(C(F)(F)F)C(F)(F)F. The molecule has 12 heteroatoms. The molecule has 0 aliphatic rings. The summed E-state index contributed by atoms with van der Waals surface area (Å²) < 4.78 is 134. The Kier molecular flexibility index (Phi) is 4.16. The summed E-state index contributed by atoms with van der Waals surface area (Å²) in [5.41, 5.74) is -6.80. The van der Waals surface area contributed by atoms with Crippen molar-refractivity contribution in [1.82, 2.24) is 0 Å². The van der Waals surface area contributed by atoms with Gasteiger partial charge >= 0.3 is 30.1 Å². The van der Waals surface area contributed by atoms with E-state index in [2.05, 4.69) is 0 Å². The molecule has 0 fully saturated rings. The van der Waals surface area contributed by atoms with Gasteiger partial charge in [0, 0.05) is 0 Å². The maximum absolute atomic E-state index is 12.9. The fourth-order valence-corrected chi connectivity index (χ4v) is 1.06. The highest BCUT2D eigenvalue weighted by Gasteiger charge is 2.85. The standard InChI is InChI=1S/C7H5F11O/c1-2(4(10,11)12)3(8,9)5(19,6(13,14)15)7(16,17)18/h2,19H,1H3. The van der Waals surface area contributed by atoms with Gasteiger partial charge in [-0.2, -0.15) is 39.5 Å². The Balaban J connectivity index is 6.06. The van der Waals surface area contributed by atoms with E-state index in [1.54, 1.807) is 0 Å². The Hall–Kier alpha value is -0.810. The highest BCUT2D eigenvalue weighted by molar-refractivity contribution is 5.07. The minimum Gasteiger partial charge on any atom is -0.369 e. The van der Waals surface area contributed by atoms with Gasteiger partial charge < -0.3 is 5.11 Å². The molecular weight excluding hydrogens is 309 g/mol. The summed E-state index contributed by atoms with van der Waals surface area (Å²) in [5.74, 6) is -10.9. The summed E-state index contributed by atoms with van der Waals surface area (Å²) in [6.45, 7) is -0.595. The van der Waals surface area contributed by atoms with Crippen LogP contribution in [0.25, 0.3) is 0 Å². The van der Waals surface area contributed by atoms with Crippen LogP contribution in [-0.2, 0) is 0 Å². The Morgan fingerprint density at radius 1 is 0.684 bits per heavy atom. The highest BCUT2D eigenvalue weighted by atomic mass is 19.4. The van der Waals surface area contributed by atoms with E-state index >= 15 is 0 Å². The number of halogens is 11. The maximum atomic E-state index is 12.9. The molecule has 0 spiro atoms. The van der Waals surface area contributed by atoms with Crippen LogP contribution in [0.4, 0.5) is 48.3 Å². The Morgan fingerprint density at radius 3 is 1.11 bits per heavy atom. The van der Waals surface area contributed by atoms with Gasteiger partial charge in [0.25, 0.3) is 0 Å². The Morgan fingerprint density at radius 2 is 0.947 bits per heavy atom. The summed E-state index contributed by atoms with van der Waals surface area (Å²) in [6.07, 6.45) is -20.2. The van der Waals surface area contributed by atoms with Gasteiger partial charge in [-0.25, -0.2) is 8.78 Å². The van der Waals surface area contributed by atoms with Crippen molar-refractivity contribution in [2.45, 2.75) is 37.0 Å². The number of rotatable bonds is 2. The van der Waals surface area contributed by atoms with Crippen LogP contribution in [0.3, 0.4) is 0 Å². The lowest BCUT2D eigenvalue weighted by Gasteiger charge is -2.41. The lowest BCUT2D eigenvalue weighted by Crippen LogP contribution is -2.70. The van der Waals surface area contributed by atoms with Crippen molar-refractivity contribution in [1.29, 1.82) is 0 Å². The van der Waals surface area contributed by atoms with E-state index in [0.717, 1.165) is 0 Å². The summed E-state index contributed by atoms with van der Waals surface area (Å²) in [7, 11) is 0. The van der Waals surface area contributed by atoms with Gasteiger partial charge in [-0.1, -0.05) is 0 Å². The maximum Gasteiger partial charge on any atom is 0.432 e. The van der Waals surface area contributed by atoms with Gasteiger partial charge in [0.2, 0.25) is 0 Å². The van der Waals surface area contributed by atoms with Crippen molar-refractivity contribution in [2.75, 3.05) is 0 Å². The molecule has 19 heavy (non-hydrogen) atoms.